The number of nitrogens with zero attached hydrogens (tertiary/aromatic N) is 1. The van der Waals surface area contributed by atoms with E-state index >= 15 is 0 Å². The van der Waals surface area contributed by atoms with Crippen molar-refractivity contribution in [1.29, 1.82) is 0 Å². The summed E-state index contributed by atoms with van der Waals surface area (Å²) in [6.45, 7) is 0. The molecule has 2 aromatic rings. The van der Waals surface area contributed by atoms with Crippen LogP contribution >= 0.6 is 11.8 Å². The third-order valence-electron chi connectivity index (χ3n) is 3.20. The van der Waals surface area contributed by atoms with Gasteiger partial charge in [0.25, 0.3) is 5.91 Å². The van der Waals surface area contributed by atoms with E-state index in [1.807, 2.05) is 5.32 Å². The standard InChI is InChI=1S/C15H10F4N2O3S/c1-25-8-5-6-11(10(7-8)15(17,18)19)20-14(22)9-3-2-4-12(13(9)16)21(23)24/h2-7H,1H3,(H,20,22). The minimum absolute atomic E-state index is 0.326. The number of halogens is 4. The number of nitro benzene ring substituents is 1. The highest BCUT2D eigenvalue weighted by Gasteiger charge is 2.34. The van der Waals surface area contributed by atoms with Gasteiger partial charge in [-0.3, -0.25) is 14.9 Å². The minimum atomic E-state index is -4.74. The van der Waals surface area contributed by atoms with Gasteiger partial charge in [0, 0.05) is 11.0 Å². The Balaban J connectivity index is 2.42. The number of thioether (sulfide) groups is 1. The van der Waals surface area contributed by atoms with Gasteiger partial charge < -0.3 is 5.32 Å². The van der Waals surface area contributed by atoms with Crippen LogP contribution in [-0.2, 0) is 6.18 Å². The van der Waals surface area contributed by atoms with Crippen LogP contribution in [0.15, 0.2) is 41.3 Å². The fourth-order valence-electron chi connectivity index (χ4n) is 2.02. The fraction of sp³-hybridized carbons (Fsp3) is 0.133. The maximum atomic E-state index is 14.0. The van der Waals surface area contributed by atoms with Gasteiger partial charge >= 0.3 is 11.9 Å². The summed E-state index contributed by atoms with van der Waals surface area (Å²) < 4.78 is 53.4. The molecule has 1 amide bonds. The Morgan fingerprint density at radius 2 is 1.92 bits per heavy atom. The predicted molar refractivity (Wildman–Crippen MR) is 84.2 cm³/mol. The second-order valence-electron chi connectivity index (χ2n) is 4.76. The zero-order valence-electron chi connectivity index (χ0n) is 12.6. The Hall–Kier alpha value is -2.62. The SMILES string of the molecule is CSc1ccc(NC(=O)c2cccc([N+](=O)[O-])c2F)c(C(F)(F)F)c1. The summed E-state index contributed by atoms with van der Waals surface area (Å²) >= 11 is 1.08. The lowest BCUT2D eigenvalue weighted by molar-refractivity contribution is -0.387. The summed E-state index contributed by atoms with van der Waals surface area (Å²) in [6, 6.07) is 6.12. The number of benzene rings is 2. The average Bonchev–Trinajstić information content (AvgIpc) is 2.54. The van der Waals surface area contributed by atoms with E-state index in [4.69, 9.17) is 0 Å². The summed E-state index contributed by atoms with van der Waals surface area (Å²) in [5.74, 6) is -2.64. The highest BCUT2D eigenvalue weighted by Crippen LogP contribution is 2.37. The molecule has 0 fully saturated rings. The summed E-state index contributed by atoms with van der Waals surface area (Å²) in [5.41, 5.74) is -3.34. The molecule has 0 radical (unpaired) electrons. The van der Waals surface area contributed by atoms with Gasteiger partial charge in [-0.25, -0.2) is 0 Å². The van der Waals surface area contributed by atoms with Crippen LogP contribution in [-0.4, -0.2) is 17.1 Å². The number of anilines is 1. The molecular weight excluding hydrogens is 364 g/mol. The molecule has 0 saturated carbocycles. The van der Waals surface area contributed by atoms with Crippen LogP contribution in [0.5, 0.6) is 0 Å². The molecule has 0 aromatic heterocycles. The Bertz CT molecular complexity index is 840. The molecule has 2 aromatic carbocycles. The molecule has 0 heterocycles. The van der Waals surface area contributed by atoms with Crippen molar-refractivity contribution in [2.45, 2.75) is 11.1 Å². The van der Waals surface area contributed by atoms with E-state index in [-0.39, 0.29) is 0 Å². The van der Waals surface area contributed by atoms with Crippen LogP contribution in [0.1, 0.15) is 15.9 Å². The molecule has 5 nitrogen and oxygen atoms in total. The van der Waals surface area contributed by atoms with Gasteiger partial charge in [0.15, 0.2) is 0 Å². The molecule has 0 saturated heterocycles. The summed E-state index contributed by atoms with van der Waals surface area (Å²) in [7, 11) is 0. The number of carbonyl (C=O) groups excluding carboxylic acids is 1. The molecule has 0 aliphatic heterocycles. The van der Waals surface area contributed by atoms with Crippen LogP contribution in [0, 0.1) is 15.9 Å². The van der Waals surface area contributed by atoms with E-state index < -0.39 is 45.3 Å². The van der Waals surface area contributed by atoms with Gasteiger partial charge in [0.1, 0.15) is 0 Å². The average molecular weight is 374 g/mol. The van der Waals surface area contributed by atoms with Crippen LogP contribution in [0.4, 0.5) is 28.9 Å². The van der Waals surface area contributed by atoms with Crippen LogP contribution in [0.3, 0.4) is 0 Å². The van der Waals surface area contributed by atoms with Crippen molar-refractivity contribution in [1.82, 2.24) is 0 Å². The van der Waals surface area contributed by atoms with Crippen molar-refractivity contribution < 1.29 is 27.3 Å². The second kappa shape index (κ2) is 7.09. The predicted octanol–water partition coefficient (Wildman–Crippen LogP) is 4.73. The van der Waals surface area contributed by atoms with Crippen LogP contribution < -0.4 is 5.32 Å². The smallest absolute Gasteiger partial charge is 0.321 e. The number of hydrogen-bond acceptors (Lipinski definition) is 4. The second-order valence-corrected chi connectivity index (χ2v) is 5.64. The lowest BCUT2D eigenvalue weighted by atomic mass is 10.1. The van der Waals surface area contributed by atoms with Crippen LogP contribution in [0.25, 0.3) is 0 Å². The number of nitro groups is 1. The molecule has 0 bridgehead atoms. The van der Waals surface area contributed by atoms with E-state index in [1.54, 1.807) is 6.26 Å². The van der Waals surface area contributed by atoms with Gasteiger partial charge in [-0.05, 0) is 30.5 Å². The van der Waals surface area contributed by atoms with Crippen molar-refractivity contribution in [3.63, 3.8) is 0 Å². The largest absolute Gasteiger partial charge is 0.418 e. The molecule has 10 heteroatoms. The molecule has 0 spiro atoms. The number of alkyl halides is 3. The number of nitrogens with one attached hydrogen (secondary N) is 1. The molecule has 0 atom stereocenters. The normalized spacial score (nSPS) is 11.2. The summed E-state index contributed by atoms with van der Waals surface area (Å²) in [5, 5.41) is 12.7. The lowest BCUT2D eigenvalue weighted by Gasteiger charge is -2.15. The number of hydrogen-bond donors (Lipinski definition) is 1. The monoisotopic (exact) mass is 374 g/mol. The zero-order valence-corrected chi connectivity index (χ0v) is 13.4. The third kappa shape index (κ3) is 4.08. The summed E-state index contributed by atoms with van der Waals surface area (Å²) in [6.07, 6.45) is -3.15. The number of rotatable bonds is 4. The van der Waals surface area contributed by atoms with Gasteiger partial charge in [0.05, 0.1) is 21.7 Å². The first-order chi connectivity index (χ1) is 11.6. The lowest BCUT2D eigenvalue weighted by Crippen LogP contribution is -2.18. The first-order valence-electron chi connectivity index (χ1n) is 6.64. The maximum Gasteiger partial charge on any atom is 0.418 e. The van der Waals surface area contributed by atoms with E-state index in [2.05, 4.69) is 0 Å². The Kier molecular flexibility index (Phi) is 5.31. The molecule has 0 unspecified atom stereocenters. The van der Waals surface area contributed by atoms with Crippen molar-refractivity contribution in [3.8, 4) is 0 Å². The molecule has 0 aliphatic rings. The molecule has 25 heavy (non-hydrogen) atoms. The Morgan fingerprint density at radius 1 is 1.24 bits per heavy atom. The highest BCUT2D eigenvalue weighted by molar-refractivity contribution is 7.98. The highest BCUT2D eigenvalue weighted by atomic mass is 32.2. The van der Waals surface area contributed by atoms with Crippen molar-refractivity contribution in [2.24, 2.45) is 0 Å². The fourth-order valence-corrected chi connectivity index (χ4v) is 2.46. The van der Waals surface area contributed by atoms with Crippen LogP contribution in [0.2, 0.25) is 0 Å². The van der Waals surface area contributed by atoms with E-state index in [9.17, 15) is 32.5 Å². The zero-order chi connectivity index (χ0) is 18.8. The van der Waals surface area contributed by atoms with E-state index in [1.165, 1.54) is 6.07 Å². The maximum absolute atomic E-state index is 14.0. The van der Waals surface area contributed by atoms with Crippen molar-refractivity contribution in [2.75, 3.05) is 11.6 Å². The topological polar surface area (TPSA) is 72.2 Å². The molecule has 2 rings (SSSR count). The summed E-state index contributed by atoms with van der Waals surface area (Å²) in [4.78, 5) is 22.1. The van der Waals surface area contributed by atoms with Crippen molar-refractivity contribution >= 4 is 29.0 Å². The van der Waals surface area contributed by atoms with E-state index in [0.29, 0.717) is 4.90 Å². The Labute approximate surface area is 143 Å². The van der Waals surface area contributed by atoms with Crippen molar-refractivity contribution in [3.05, 3.63) is 63.5 Å². The number of amides is 1. The molecular formula is C15H10F4N2O3S. The van der Waals surface area contributed by atoms with Gasteiger partial charge in [0.2, 0.25) is 5.82 Å². The van der Waals surface area contributed by atoms with Gasteiger partial charge in [-0.15, -0.1) is 11.8 Å². The van der Waals surface area contributed by atoms with Gasteiger partial charge in [-0.1, -0.05) is 6.07 Å². The first-order valence-corrected chi connectivity index (χ1v) is 7.87. The number of carbonyl (C=O) groups is 1. The molecule has 132 valence electrons. The van der Waals surface area contributed by atoms with E-state index in [0.717, 1.165) is 42.1 Å². The minimum Gasteiger partial charge on any atom is -0.321 e. The molecule has 0 aliphatic carbocycles. The van der Waals surface area contributed by atoms with Gasteiger partial charge in [-0.2, -0.15) is 17.6 Å². The first kappa shape index (κ1) is 18.7. The molecule has 1 N–H and O–H groups in total. The Morgan fingerprint density at radius 3 is 2.48 bits per heavy atom. The quantitative estimate of drug-likeness (QED) is 0.364. The third-order valence-corrected chi connectivity index (χ3v) is 3.93.